The number of fused-ring (bicyclic) bond motifs is 1. The highest BCUT2D eigenvalue weighted by atomic mass is 16.6. The van der Waals surface area contributed by atoms with Crippen molar-refractivity contribution in [3.8, 4) is 11.5 Å². The molecular weight excluding hydrogens is 530 g/mol. The molecule has 0 bridgehead atoms. The van der Waals surface area contributed by atoms with E-state index in [4.69, 9.17) is 14.3 Å². The summed E-state index contributed by atoms with van der Waals surface area (Å²) in [7, 11) is 0. The van der Waals surface area contributed by atoms with E-state index in [1.807, 2.05) is 18.2 Å². The minimum Gasteiger partial charge on any atom is -0.508 e. The first-order valence-electron chi connectivity index (χ1n) is 14.1. The highest BCUT2D eigenvalue weighted by Gasteiger charge is 2.23. The number of phenolic OH excluding ortho intramolecular Hbond substituents is 2. The van der Waals surface area contributed by atoms with Crippen molar-refractivity contribution in [3.05, 3.63) is 47.6 Å². The minimum atomic E-state index is -0.731. The molecule has 2 aliphatic heterocycles. The van der Waals surface area contributed by atoms with E-state index in [2.05, 4.69) is 10.5 Å². The van der Waals surface area contributed by atoms with Gasteiger partial charge < -0.3 is 34.7 Å². The number of piperidine rings is 1. The molecule has 1 fully saturated rings. The first-order valence-corrected chi connectivity index (χ1v) is 14.1. The van der Waals surface area contributed by atoms with Crippen LogP contribution >= 0.6 is 0 Å². The van der Waals surface area contributed by atoms with Crippen LogP contribution in [0.4, 0.5) is 0 Å². The summed E-state index contributed by atoms with van der Waals surface area (Å²) < 4.78 is 11.6. The molecule has 0 saturated carbocycles. The lowest BCUT2D eigenvalue weighted by molar-refractivity contribution is -0.137. The van der Waals surface area contributed by atoms with Gasteiger partial charge in [0.25, 0.3) is 5.91 Å². The fourth-order valence-electron chi connectivity index (χ4n) is 4.59. The van der Waals surface area contributed by atoms with E-state index in [-0.39, 0.29) is 42.3 Å². The molecule has 1 unspecified atom stereocenters. The number of amides is 2. The van der Waals surface area contributed by atoms with Crippen molar-refractivity contribution in [2.45, 2.75) is 71.0 Å². The normalized spacial score (nSPS) is 21.1. The molecule has 0 spiro atoms. The van der Waals surface area contributed by atoms with Crippen molar-refractivity contribution in [2.24, 2.45) is 5.16 Å². The van der Waals surface area contributed by atoms with E-state index >= 15 is 0 Å². The Bertz CT molecular complexity index is 1140. The molecule has 0 aliphatic carbocycles. The molecule has 0 aromatic heterocycles. The number of oxime groups is 1. The number of cyclic esters (lactones) is 1. The Morgan fingerprint density at radius 2 is 1.93 bits per heavy atom. The van der Waals surface area contributed by atoms with Crippen molar-refractivity contribution in [1.82, 2.24) is 10.2 Å². The summed E-state index contributed by atoms with van der Waals surface area (Å²) in [5.74, 6) is -1.60. The number of hydrogen-bond donors (Lipinski definition) is 3. The lowest BCUT2D eigenvalue weighted by Gasteiger charge is -2.26. The van der Waals surface area contributed by atoms with Crippen LogP contribution < -0.4 is 5.32 Å². The van der Waals surface area contributed by atoms with Crippen molar-refractivity contribution in [3.63, 3.8) is 0 Å². The maximum absolute atomic E-state index is 13.0. The maximum Gasteiger partial charge on any atom is 0.342 e. The largest absolute Gasteiger partial charge is 0.508 e. The summed E-state index contributed by atoms with van der Waals surface area (Å²) in [6, 6.07) is 2.46. The second-order valence-corrected chi connectivity index (χ2v) is 10.2. The van der Waals surface area contributed by atoms with Crippen LogP contribution in [0.1, 0.15) is 68.3 Å². The van der Waals surface area contributed by atoms with Crippen LogP contribution in [0.15, 0.2) is 41.6 Å². The van der Waals surface area contributed by atoms with E-state index in [1.54, 1.807) is 17.9 Å². The van der Waals surface area contributed by atoms with Crippen LogP contribution in [0.5, 0.6) is 11.5 Å². The standard InChI is InChI=1S/C30H41N3O8/c1-21-9-6-11-26(39-16-8-13-31-22(2)34)12-7-10-24(32-40-20-28(37)33-14-4-3-5-15-33)17-23-18-25(35)19-27(36)29(23)30(38)41-21/h6-7,10-11,18-19,21,26,35-36H,3-5,8-9,12-17,20H2,1-2H3,(H,31,34)/t21-,26?/m1/s1. The van der Waals surface area contributed by atoms with Crippen LogP contribution in [-0.4, -0.2) is 83.7 Å². The zero-order valence-corrected chi connectivity index (χ0v) is 23.8. The van der Waals surface area contributed by atoms with Gasteiger partial charge >= 0.3 is 5.97 Å². The van der Waals surface area contributed by atoms with Crippen LogP contribution in [0.25, 0.3) is 0 Å². The van der Waals surface area contributed by atoms with Gasteiger partial charge in [-0.25, -0.2) is 4.79 Å². The third-order valence-corrected chi connectivity index (χ3v) is 6.67. The lowest BCUT2D eigenvalue weighted by atomic mass is 9.99. The fourth-order valence-corrected chi connectivity index (χ4v) is 4.59. The van der Waals surface area contributed by atoms with E-state index < -0.39 is 17.8 Å². The van der Waals surface area contributed by atoms with Crippen molar-refractivity contribution in [2.75, 3.05) is 32.8 Å². The smallest absolute Gasteiger partial charge is 0.342 e. The number of ether oxygens (including phenoxy) is 2. The van der Waals surface area contributed by atoms with Gasteiger partial charge in [0.2, 0.25) is 5.91 Å². The average molecular weight is 572 g/mol. The Morgan fingerprint density at radius 3 is 2.68 bits per heavy atom. The minimum absolute atomic E-state index is 0.0211. The van der Waals surface area contributed by atoms with E-state index in [1.165, 1.54) is 13.0 Å². The third kappa shape index (κ3) is 10.9. The van der Waals surface area contributed by atoms with Gasteiger partial charge in [-0.05, 0) is 56.7 Å². The van der Waals surface area contributed by atoms with Crippen molar-refractivity contribution >= 4 is 23.5 Å². The number of esters is 1. The van der Waals surface area contributed by atoms with Gasteiger partial charge in [-0.2, -0.15) is 0 Å². The van der Waals surface area contributed by atoms with Gasteiger partial charge in [-0.15, -0.1) is 0 Å². The first-order chi connectivity index (χ1) is 19.7. The van der Waals surface area contributed by atoms with Gasteiger partial charge in [-0.3, -0.25) is 9.59 Å². The number of rotatable bonds is 8. The SMILES string of the molecule is CC(=O)NCCCOC1C=CC[C@@H](C)OC(=O)c2c(O)cc(O)cc2CC(=NOCC(=O)N2CCCCC2)C=CC1. The summed E-state index contributed by atoms with van der Waals surface area (Å²) in [4.78, 5) is 43.9. The van der Waals surface area contributed by atoms with Gasteiger partial charge in [0, 0.05) is 52.1 Å². The monoisotopic (exact) mass is 571 g/mol. The second kappa shape index (κ2) is 16.4. The number of likely N-dealkylation sites (tertiary alicyclic amines) is 1. The Hall–Kier alpha value is -3.86. The number of carbonyl (C=O) groups excluding carboxylic acids is 3. The maximum atomic E-state index is 13.0. The molecule has 41 heavy (non-hydrogen) atoms. The Labute approximate surface area is 240 Å². The lowest BCUT2D eigenvalue weighted by Crippen LogP contribution is -2.37. The third-order valence-electron chi connectivity index (χ3n) is 6.67. The van der Waals surface area contributed by atoms with Crippen LogP contribution in [0, 0.1) is 0 Å². The molecule has 11 nitrogen and oxygen atoms in total. The molecule has 1 aromatic carbocycles. The quantitative estimate of drug-likeness (QED) is 0.186. The molecule has 224 valence electrons. The predicted octanol–water partition coefficient (Wildman–Crippen LogP) is 3.39. The molecule has 1 aromatic rings. The summed E-state index contributed by atoms with van der Waals surface area (Å²) in [6.45, 7) is 5.33. The van der Waals surface area contributed by atoms with Gasteiger partial charge in [0.1, 0.15) is 23.2 Å². The molecule has 2 heterocycles. The van der Waals surface area contributed by atoms with Gasteiger partial charge in [-0.1, -0.05) is 23.4 Å². The molecule has 3 N–H and O–H groups in total. The van der Waals surface area contributed by atoms with Crippen LogP contribution in [0.3, 0.4) is 0 Å². The number of hydrogen-bond acceptors (Lipinski definition) is 9. The summed E-state index contributed by atoms with van der Waals surface area (Å²) in [6.07, 6.45) is 11.2. The number of nitrogens with one attached hydrogen (secondary N) is 1. The molecule has 0 radical (unpaired) electrons. The summed E-state index contributed by atoms with van der Waals surface area (Å²) in [5, 5.41) is 27.6. The molecule has 11 heteroatoms. The highest BCUT2D eigenvalue weighted by Crippen LogP contribution is 2.29. The van der Waals surface area contributed by atoms with E-state index in [0.717, 1.165) is 25.3 Å². The van der Waals surface area contributed by atoms with E-state index in [0.29, 0.717) is 56.8 Å². The molecule has 1 saturated heterocycles. The number of benzene rings is 1. The number of phenols is 2. The van der Waals surface area contributed by atoms with Gasteiger partial charge in [0.15, 0.2) is 6.61 Å². The Morgan fingerprint density at radius 1 is 1.15 bits per heavy atom. The predicted molar refractivity (Wildman–Crippen MR) is 153 cm³/mol. The zero-order valence-electron chi connectivity index (χ0n) is 23.8. The highest BCUT2D eigenvalue weighted by molar-refractivity contribution is 6.00. The number of allylic oxidation sites excluding steroid dienone is 1. The molecule has 2 aliphatic rings. The first kappa shape index (κ1) is 31.7. The van der Waals surface area contributed by atoms with Crippen LogP contribution in [-0.2, 0) is 30.3 Å². The summed E-state index contributed by atoms with van der Waals surface area (Å²) >= 11 is 0. The topological polar surface area (TPSA) is 147 Å². The van der Waals surface area contributed by atoms with E-state index in [9.17, 15) is 24.6 Å². The molecule has 2 atom stereocenters. The van der Waals surface area contributed by atoms with Crippen molar-refractivity contribution in [1.29, 1.82) is 0 Å². The van der Waals surface area contributed by atoms with Crippen LogP contribution in [0.2, 0.25) is 0 Å². The average Bonchev–Trinajstić information content (AvgIpc) is 2.91. The van der Waals surface area contributed by atoms with Gasteiger partial charge in [0.05, 0.1) is 11.8 Å². The Balaban J connectivity index is 1.81. The second-order valence-electron chi connectivity index (χ2n) is 10.2. The summed E-state index contributed by atoms with van der Waals surface area (Å²) in [5.41, 5.74) is 0.600. The number of aromatic hydroxyl groups is 2. The fraction of sp³-hybridized carbons (Fsp3) is 0.533. The molecular formula is C30H41N3O8. The number of nitrogens with zero attached hydrogens (tertiary/aromatic N) is 2. The molecule has 3 rings (SSSR count). The molecule has 2 amide bonds. The van der Waals surface area contributed by atoms with Crippen molar-refractivity contribution < 1.29 is 38.9 Å². The zero-order chi connectivity index (χ0) is 29.6. The Kier molecular flexibility index (Phi) is 12.7. The number of carbonyl (C=O) groups is 3.